The summed E-state index contributed by atoms with van der Waals surface area (Å²) in [6.07, 6.45) is 0.867. The quantitative estimate of drug-likeness (QED) is 0.747. The molecule has 5 heteroatoms. The van der Waals surface area contributed by atoms with Crippen LogP contribution < -0.4 is 0 Å². The molecule has 1 saturated heterocycles. The van der Waals surface area contributed by atoms with E-state index in [1.54, 1.807) is 7.11 Å². The molecule has 1 aliphatic heterocycles. The third-order valence-electron chi connectivity index (χ3n) is 2.99. The molecule has 0 aromatic carbocycles. The van der Waals surface area contributed by atoms with Gasteiger partial charge in [-0.1, -0.05) is 0 Å². The largest absolute Gasteiger partial charge is 0.380 e. The number of halogens is 2. The smallest absolute Gasteiger partial charge is 0.345 e. The Morgan fingerprint density at radius 3 is 2.44 bits per heavy atom. The van der Waals surface area contributed by atoms with Crippen LogP contribution in [0.3, 0.4) is 0 Å². The van der Waals surface area contributed by atoms with Crippen LogP contribution in [0.15, 0.2) is 0 Å². The Labute approximate surface area is 95.7 Å². The van der Waals surface area contributed by atoms with Crippen LogP contribution >= 0.6 is 0 Å². The molecule has 2 atom stereocenters. The van der Waals surface area contributed by atoms with E-state index < -0.39 is 6.61 Å². The summed E-state index contributed by atoms with van der Waals surface area (Å²) in [5.41, 5.74) is -0.0522. The number of ether oxygens (including phenoxy) is 2. The van der Waals surface area contributed by atoms with Crippen LogP contribution in [-0.4, -0.2) is 49.5 Å². The molecule has 1 heterocycles. The number of hydrogen-bond acceptors (Lipinski definition) is 3. The SMILES string of the molecule is CO[C@H]1C[C@@H](COC(F)F)N(C(C)(C)C)C1. The first-order valence-corrected chi connectivity index (χ1v) is 5.54. The molecular weight excluding hydrogens is 216 g/mol. The number of likely N-dealkylation sites (tertiary alicyclic amines) is 1. The number of rotatable bonds is 4. The van der Waals surface area contributed by atoms with Crippen molar-refractivity contribution in [2.75, 3.05) is 20.3 Å². The van der Waals surface area contributed by atoms with Crippen molar-refractivity contribution in [2.45, 2.75) is 51.5 Å². The Morgan fingerprint density at radius 2 is 2.00 bits per heavy atom. The maximum absolute atomic E-state index is 12.0. The summed E-state index contributed by atoms with van der Waals surface area (Å²) in [6.45, 7) is 4.36. The van der Waals surface area contributed by atoms with Gasteiger partial charge in [0.05, 0.1) is 12.7 Å². The minimum absolute atomic E-state index is 0.0129. The summed E-state index contributed by atoms with van der Waals surface area (Å²) in [6, 6.07) is 0.0129. The van der Waals surface area contributed by atoms with Gasteiger partial charge >= 0.3 is 6.61 Å². The van der Waals surface area contributed by atoms with Gasteiger partial charge in [0, 0.05) is 25.2 Å². The highest BCUT2D eigenvalue weighted by atomic mass is 19.3. The number of methoxy groups -OCH3 is 1. The van der Waals surface area contributed by atoms with Crippen LogP contribution in [0.1, 0.15) is 27.2 Å². The molecule has 1 rings (SSSR count). The monoisotopic (exact) mass is 237 g/mol. The van der Waals surface area contributed by atoms with Gasteiger partial charge in [-0.3, -0.25) is 4.90 Å². The lowest BCUT2D eigenvalue weighted by atomic mass is 10.1. The summed E-state index contributed by atoms with van der Waals surface area (Å²) in [5, 5.41) is 0. The van der Waals surface area contributed by atoms with Crippen molar-refractivity contribution < 1.29 is 18.3 Å². The van der Waals surface area contributed by atoms with E-state index in [2.05, 4.69) is 30.4 Å². The molecule has 16 heavy (non-hydrogen) atoms. The Hall–Kier alpha value is -0.260. The Balaban J connectivity index is 2.57. The zero-order valence-electron chi connectivity index (χ0n) is 10.4. The van der Waals surface area contributed by atoms with Crippen molar-refractivity contribution in [3.8, 4) is 0 Å². The molecule has 0 saturated carbocycles. The van der Waals surface area contributed by atoms with E-state index in [1.165, 1.54) is 0 Å². The average molecular weight is 237 g/mol. The number of alkyl halides is 2. The lowest BCUT2D eigenvalue weighted by Gasteiger charge is -2.36. The summed E-state index contributed by atoms with van der Waals surface area (Å²) in [5.74, 6) is 0. The molecule has 0 N–H and O–H groups in total. The highest BCUT2D eigenvalue weighted by molar-refractivity contribution is 4.92. The third-order valence-corrected chi connectivity index (χ3v) is 2.99. The standard InChI is InChI=1S/C11H21F2NO2/c1-11(2,3)14-6-9(15-4)5-8(14)7-16-10(12)13/h8-10H,5-7H2,1-4H3/t8-,9-/m0/s1. The molecule has 0 amide bonds. The van der Waals surface area contributed by atoms with Gasteiger partial charge in [0.1, 0.15) is 0 Å². The average Bonchev–Trinajstić information content (AvgIpc) is 2.57. The topological polar surface area (TPSA) is 21.7 Å². The maximum Gasteiger partial charge on any atom is 0.345 e. The molecule has 3 nitrogen and oxygen atoms in total. The number of hydrogen-bond donors (Lipinski definition) is 0. The molecule has 0 bridgehead atoms. The van der Waals surface area contributed by atoms with Crippen molar-refractivity contribution in [1.29, 1.82) is 0 Å². The minimum Gasteiger partial charge on any atom is -0.380 e. The molecule has 0 aromatic rings. The molecule has 0 unspecified atom stereocenters. The fourth-order valence-corrected chi connectivity index (χ4v) is 2.21. The first kappa shape index (κ1) is 13.8. The molecule has 0 aliphatic carbocycles. The van der Waals surface area contributed by atoms with Crippen molar-refractivity contribution in [3.63, 3.8) is 0 Å². The molecule has 96 valence electrons. The first-order chi connectivity index (χ1) is 7.34. The van der Waals surface area contributed by atoms with Crippen molar-refractivity contribution in [2.24, 2.45) is 0 Å². The van der Waals surface area contributed by atoms with Crippen molar-refractivity contribution >= 4 is 0 Å². The van der Waals surface area contributed by atoms with E-state index in [-0.39, 0.29) is 24.3 Å². The molecule has 0 aromatic heterocycles. The second-order valence-corrected chi connectivity index (χ2v) is 5.16. The van der Waals surface area contributed by atoms with Crippen LogP contribution in [0, 0.1) is 0 Å². The second kappa shape index (κ2) is 5.38. The highest BCUT2D eigenvalue weighted by Crippen LogP contribution is 2.28. The van der Waals surface area contributed by atoms with Gasteiger partial charge < -0.3 is 9.47 Å². The molecule has 1 aliphatic rings. The summed E-state index contributed by atoms with van der Waals surface area (Å²) >= 11 is 0. The van der Waals surface area contributed by atoms with Crippen LogP contribution in [0.4, 0.5) is 8.78 Å². The normalized spacial score (nSPS) is 27.9. The fourth-order valence-electron chi connectivity index (χ4n) is 2.21. The van der Waals surface area contributed by atoms with Crippen LogP contribution in [-0.2, 0) is 9.47 Å². The summed E-state index contributed by atoms with van der Waals surface area (Å²) in [4.78, 5) is 2.17. The minimum atomic E-state index is -2.69. The Morgan fingerprint density at radius 1 is 1.38 bits per heavy atom. The third kappa shape index (κ3) is 3.64. The van der Waals surface area contributed by atoms with E-state index >= 15 is 0 Å². The van der Waals surface area contributed by atoms with E-state index in [9.17, 15) is 8.78 Å². The van der Waals surface area contributed by atoms with Gasteiger partial charge in [0.2, 0.25) is 0 Å². The van der Waals surface area contributed by atoms with Gasteiger partial charge in [0.25, 0.3) is 0 Å². The fraction of sp³-hybridized carbons (Fsp3) is 1.00. The van der Waals surface area contributed by atoms with Crippen LogP contribution in [0.5, 0.6) is 0 Å². The number of nitrogens with zero attached hydrogens (tertiary/aromatic N) is 1. The Kier molecular flexibility index (Phi) is 4.64. The summed E-state index contributed by atoms with van der Waals surface area (Å²) < 4.78 is 33.7. The van der Waals surface area contributed by atoms with E-state index in [0.717, 1.165) is 13.0 Å². The van der Waals surface area contributed by atoms with Gasteiger partial charge in [-0.2, -0.15) is 8.78 Å². The highest BCUT2D eigenvalue weighted by Gasteiger charge is 2.38. The second-order valence-electron chi connectivity index (χ2n) is 5.16. The zero-order chi connectivity index (χ0) is 12.3. The van der Waals surface area contributed by atoms with Gasteiger partial charge in [-0.15, -0.1) is 0 Å². The first-order valence-electron chi connectivity index (χ1n) is 5.54. The van der Waals surface area contributed by atoms with E-state index in [1.807, 2.05) is 0 Å². The zero-order valence-corrected chi connectivity index (χ0v) is 10.4. The maximum atomic E-state index is 12.0. The van der Waals surface area contributed by atoms with E-state index in [0.29, 0.717) is 0 Å². The summed E-state index contributed by atoms with van der Waals surface area (Å²) in [7, 11) is 1.65. The van der Waals surface area contributed by atoms with Crippen LogP contribution in [0.2, 0.25) is 0 Å². The molecule has 0 radical (unpaired) electrons. The predicted molar refractivity (Wildman–Crippen MR) is 57.6 cm³/mol. The van der Waals surface area contributed by atoms with E-state index in [4.69, 9.17) is 4.74 Å². The van der Waals surface area contributed by atoms with Gasteiger partial charge in [0.15, 0.2) is 0 Å². The molecule has 1 fully saturated rings. The lowest BCUT2D eigenvalue weighted by molar-refractivity contribution is -0.142. The molecular formula is C11H21F2NO2. The van der Waals surface area contributed by atoms with Crippen molar-refractivity contribution in [1.82, 2.24) is 4.90 Å². The Bertz CT molecular complexity index is 219. The molecule has 0 spiro atoms. The predicted octanol–water partition coefficient (Wildman–Crippen LogP) is 2.11. The van der Waals surface area contributed by atoms with Gasteiger partial charge in [-0.05, 0) is 27.2 Å². The van der Waals surface area contributed by atoms with Crippen molar-refractivity contribution in [3.05, 3.63) is 0 Å². The van der Waals surface area contributed by atoms with Gasteiger partial charge in [-0.25, -0.2) is 0 Å². The lowest BCUT2D eigenvalue weighted by Crippen LogP contribution is -2.46. The van der Waals surface area contributed by atoms with Crippen LogP contribution in [0.25, 0.3) is 0 Å².